The molecule has 0 saturated heterocycles. The Hall–Kier alpha value is -3.58. The van der Waals surface area contributed by atoms with Crippen LogP contribution in [0.2, 0.25) is 0 Å². The maximum atomic E-state index is 12.5. The number of esters is 2. The number of thiophene rings is 1. The predicted molar refractivity (Wildman–Crippen MR) is 124 cm³/mol. The van der Waals surface area contributed by atoms with Gasteiger partial charge in [-0.1, -0.05) is 6.92 Å². The van der Waals surface area contributed by atoms with Crippen LogP contribution >= 0.6 is 11.3 Å². The number of nitrogens with one attached hydrogen (secondary N) is 1. The summed E-state index contributed by atoms with van der Waals surface area (Å²) in [6.07, 6.45) is 2.56. The van der Waals surface area contributed by atoms with E-state index in [0.717, 1.165) is 29.7 Å². The molecule has 1 amide bonds. The first-order valence-electron chi connectivity index (χ1n) is 10.8. The van der Waals surface area contributed by atoms with Gasteiger partial charge in [-0.2, -0.15) is 5.26 Å². The Bertz CT molecular complexity index is 1120. The number of rotatable bonds is 9. The van der Waals surface area contributed by atoms with E-state index in [4.69, 9.17) is 24.2 Å². The van der Waals surface area contributed by atoms with E-state index in [2.05, 4.69) is 12.2 Å². The van der Waals surface area contributed by atoms with Crippen LogP contribution in [0.25, 0.3) is 0 Å². The molecule has 1 aromatic heterocycles. The van der Waals surface area contributed by atoms with Gasteiger partial charge in [0.15, 0.2) is 24.7 Å². The summed E-state index contributed by atoms with van der Waals surface area (Å²) in [5, 5.41) is 12.1. The Kier molecular flexibility index (Phi) is 8.49. The summed E-state index contributed by atoms with van der Waals surface area (Å²) in [7, 11) is 1.42. The highest BCUT2D eigenvalue weighted by Crippen LogP contribution is 2.40. The van der Waals surface area contributed by atoms with Crippen LogP contribution in [0.4, 0.5) is 5.00 Å². The van der Waals surface area contributed by atoms with Gasteiger partial charge in [-0.15, -0.1) is 11.3 Å². The molecule has 0 fully saturated rings. The van der Waals surface area contributed by atoms with Crippen LogP contribution in [0, 0.1) is 17.2 Å². The van der Waals surface area contributed by atoms with Crippen LogP contribution in [0.5, 0.6) is 11.5 Å². The number of fused-ring (bicyclic) bond motifs is 1. The van der Waals surface area contributed by atoms with Crippen LogP contribution in [0.3, 0.4) is 0 Å². The first-order chi connectivity index (χ1) is 16.4. The fourth-order valence-corrected chi connectivity index (χ4v) is 5.02. The van der Waals surface area contributed by atoms with Crippen LogP contribution < -0.4 is 14.8 Å². The molecule has 0 radical (unpaired) electrons. The molecule has 3 rings (SSSR count). The third kappa shape index (κ3) is 6.05. The molecule has 1 atom stereocenters. The largest absolute Gasteiger partial charge is 0.493 e. The first kappa shape index (κ1) is 25.1. The number of hydrogen-bond donors (Lipinski definition) is 1. The molecule has 0 bridgehead atoms. The second kappa shape index (κ2) is 11.5. The summed E-state index contributed by atoms with van der Waals surface area (Å²) < 4.78 is 20.7. The zero-order valence-corrected chi connectivity index (χ0v) is 20.1. The Morgan fingerprint density at radius 2 is 2.00 bits per heavy atom. The zero-order valence-electron chi connectivity index (χ0n) is 19.3. The fraction of sp³-hybridized carbons (Fsp3) is 0.417. The van der Waals surface area contributed by atoms with E-state index in [9.17, 15) is 14.4 Å². The smallest absolute Gasteiger partial charge is 0.344 e. The maximum absolute atomic E-state index is 12.5. The minimum atomic E-state index is -0.758. The average Bonchev–Trinajstić information content (AvgIpc) is 3.18. The van der Waals surface area contributed by atoms with Crippen molar-refractivity contribution in [1.82, 2.24) is 0 Å². The molecule has 10 heteroatoms. The Balaban J connectivity index is 1.58. The molecule has 0 aliphatic heterocycles. The minimum Gasteiger partial charge on any atom is -0.493 e. The van der Waals surface area contributed by atoms with Gasteiger partial charge < -0.3 is 24.3 Å². The highest BCUT2D eigenvalue weighted by molar-refractivity contribution is 7.17. The van der Waals surface area contributed by atoms with Gasteiger partial charge in [-0.25, -0.2) is 9.59 Å². The molecule has 2 aromatic rings. The van der Waals surface area contributed by atoms with Crippen molar-refractivity contribution in [2.75, 3.05) is 32.2 Å². The molecule has 34 heavy (non-hydrogen) atoms. The second-order valence-electron chi connectivity index (χ2n) is 7.75. The van der Waals surface area contributed by atoms with E-state index in [-0.39, 0.29) is 12.4 Å². The molecule has 0 saturated carbocycles. The van der Waals surface area contributed by atoms with Crippen molar-refractivity contribution in [2.45, 2.75) is 33.1 Å². The van der Waals surface area contributed by atoms with Gasteiger partial charge in [0.1, 0.15) is 5.00 Å². The lowest BCUT2D eigenvalue weighted by Crippen LogP contribution is -2.24. The Labute approximate surface area is 201 Å². The van der Waals surface area contributed by atoms with Gasteiger partial charge in [0, 0.05) is 10.9 Å². The third-order valence-electron chi connectivity index (χ3n) is 5.25. The van der Waals surface area contributed by atoms with Crippen molar-refractivity contribution in [3.63, 3.8) is 0 Å². The molecule has 1 aliphatic carbocycles. The monoisotopic (exact) mass is 486 g/mol. The van der Waals surface area contributed by atoms with Crippen LogP contribution in [0.15, 0.2) is 18.2 Å². The number of anilines is 1. The van der Waals surface area contributed by atoms with Crippen molar-refractivity contribution in [2.24, 2.45) is 5.92 Å². The van der Waals surface area contributed by atoms with Crippen molar-refractivity contribution in [3.05, 3.63) is 39.8 Å². The molecule has 9 nitrogen and oxygen atoms in total. The standard InChI is InChI=1S/C24H26N2O7S/c1-4-31-24(29)22-16-7-5-14(2)9-19(16)34-23(22)26-20(27)12-33-21(28)13-32-17-8-6-15(11-25)10-18(17)30-3/h6,8,10,14H,4-5,7,9,12-13H2,1-3H3,(H,26,27)/t14-/m1/s1. The number of benzene rings is 1. The molecule has 1 aromatic carbocycles. The van der Waals surface area contributed by atoms with Gasteiger partial charge in [0.05, 0.1) is 30.9 Å². The van der Waals surface area contributed by atoms with E-state index < -0.39 is 31.1 Å². The minimum absolute atomic E-state index is 0.231. The van der Waals surface area contributed by atoms with Crippen molar-refractivity contribution in [1.29, 1.82) is 5.26 Å². The van der Waals surface area contributed by atoms with Gasteiger partial charge in [-0.3, -0.25) is 4.79 Å². The van der Waals surface area contributed by atoms with E-state index in [1.807, 2.05) is 6.07 Å². The maximum Gasteiger partial charge on any atom is 0.344 e. The zero-order chi connectivity index (χ0) is 24.7. The first-order valence-corrected chi connectivity index (χ1v) is 11.7. The van der Waals surface area contributed by atoms with E-state index in [0.29, 0.717) is 27.8 Å². The lowest BCUT2D eigenvalue weighted by atomic mass is 9.88. The predicted octanol–water partition coefficient (Wildman–Crippen LogP) is 3.49. The number of hydrogen-bond acceptors (Lipinski definition) is 9. The summed E-state index contributed by atoms with van der Waals surface area (Å²) in [6, 6.07) is 6.50. The van der Waals surface area contributed by atoms with E-state index >= 15 is 0 Å². The number of nitriles is 1. The normalized spacial score (nSPS) is 14.4. The summed E-state index contributed by atoms with van der Waals surface area (Å²) in [5.74, 6) is -0.729. The van der Waals surface area contributed by atoms with Gasteiger partial charge >= 0.3 is 11.9 Å². The number of methoxy groups -OCH3 is 1. The number of carbonyl (C=O) groups is 3. The second-order valence-corrected chi connectivity index (χ2v) is 8.86. The fourth-order valence-electron chi connectivity index (χ4n) is 3.60. The quantitative estimate of drug-likeness (QED) is 0.534. The van der Waals surface area contributed by atoms with Crippen molar-refractivity contribution >= 4 is 34.2 Å². The molecule has 0 unspecified atom stereocenters. The molecular weight excluding hydrogens is 460 g/mol. The van der Waals surface area contributed by atoms with Gasteiger partial charge in [-0.05, 0) is 49.8 Å². The highest BCUT2D eigenvalue weighted by atomic mass is 32.1. The van der Waals surface area contributed by atoms with Crippen LogP contribution in [-0.2, 0) is 31.9 Å². The third-order valence-corrected chi connectivity index (χ3v) is 6.42. The van der Waals surface area contributed by atoms with Crippen LogP contribution in [-0.4, -0.2) is 44.8 Å². The lowest BCUT2D eigenvalue weighted by molar-refractivity contribution is -0.149. The number of carbonyl (C=O) groups excluding carboxylic acids is 3. The van der Waals surface area contributed by atoms with Gasteiger partial charge in [0.25, 0.3) is 5.91 Å². The van der Waals surface area contributed by atoms with E-state index in [1.54, 1.807) is 6.92 Å². The Morgan fingerprint density at radius 1 is 1.21 bits per heavy atom. The Morgan fingerprint density at radius 3 is 2.71 bits per heavy atom. The average molecular weight is 487 g/mol. The van der Waals surface area contributed by atoms with Crippen molar-refractivity contribution < 1.29 is 33.3 Å². The molecule has 1 aliphatic rings. The highest BCUT2D eigenvalue weighted by Gasteiger charge is 2.29. The SMILES string of the molecule is CCOC(=O)c1c(NC(=O)COC(=O)COc2ccc(C#N)cc2OC)sc2c1CC[C@@H](C)C2. The summed E-state index contributed by atoms with van der Waals surface area (Å²) >= 11 is 1.36. The molecule has 0 spiro atoms. The molecule has 1 N–H and O–H groups in total. The lowest BCUT2D eigenvalue weighted by Gasteiger charge is -2.18. The van der Waals surface area contributed by atoms with E-state index in [1.165, 1.54) is 36.6 Å². The molecule has 180 valence electrons. The van der Waals surface area contributed by atoms with Crippen LogP contribution in [0.1, 0.15) is 46.6 Å². The number of amides is 1. The number of nitrogens with zero attached hydrogens (tertiary/aromatic N) is 1. The van der Waals surface area contributed by atoms with Crippen molar-refractivity contribution in [3.8, 4) is 17.6 Å². The summed E-state index contributed by atoms with van der Waals surface area (Å²) in [4.78, 5) is 38.1. The molecular formula is C24H26N2O7S. The number of ether oxygens (including phenoxy) is 4. The topological polar surface area (TPSA) is 124 Å². The van der Waals surface area contributed by atoms with Gasteiger partial charge in [0.2, 0.25) is 0 Å². The summed E-state index contributed by atoms with van der Waals surface area (Å²) in [5.41, 5.74) is 1.71. The molecule has 1 heterocycles. The summed E-state index contributed by atoms with van der Waals surface area (Å²) in [6.45, 7) is 3.13.